The second kappa shape index (κ2) is 8.24. The van der Waals surface area contributed by atoms with Crippen molar-refractivity contribution in [1.82, 2.24) is 0 Å². The molecule has 3 heterocycles. The van der Waals surface area contributed by atoms with E-state index < -0.39 is 91.5 Å². The van der Waals surface area contributed by atoms with Crippen molar-refractivity contribution in [2.75, 3.05) is 6.61 Å². The summed E-state index contributed by atoms with van der Waals surface area (Å²) in [6.07, 6.45) is -10.6. The van der Waals surface area contributed by atoms with Gasteiger partial charge in [-0.05, 0) is 13.3 Å². The number of aliphatic hydroxyl groups is 4. The van der Waals surface area contributed by atoms with Gasteiger partial charge in [-0.25, -0.2) is 4.79 Å². The smallest absolute Gasteiger partial charge is 0.334 e. The van der Waals surface area contributed by atoms with Crippen LogP contribution in [0.4, 0.5) is 0 Å². The first-order valence-electron chi connectivity index (χ1n) is 10.0. The van der Waals surface area contributed by atoms with Crippen molar-refractivity contribution in [3.8, 4) is 0 Å². The van der Waals surface area contributed by atoms with Gasteiger partial charge in [0.25, 0.3) is 0 Å². The molecule has 0 spiro atoms. The number of carboxylic acid groups (broad SMARTS) is 1. The highest BCUT2D eigenvalue weighted by molar-refractivity contribution is 5.91. The van der Waals surface area contributed by atoms with Gasteiger partial charge in [-0.3, -0.25) is 9.59 Å². The molecule has 4 bridgehead atoms. The Morgan fingerprint density at radius 2 is 1.78 bits per heavy atom. The van der Waals surface area contributed by atoms with Crippen molar-refractivity contribution in [1.29, 1.82) is 0 Å². The molecule has 0 amide bonds. The number of carbonyl (C=O) groups is 3. The number of carbonyl (C=O) groups excluding carboxylic acids is 2. The number of fused-ring (bicyclic) bond motifs is 3. The van der Waals surface area contributed by atoms with E-state index in [1.165, 1.54) is 6.92 Å². The Balaban J connectivity index is 1.72. The highest BCUT2D eigenvalue weighted by atomic mass is 16.8. The molecule has 178 valence electrons. The number of hydrogen-bond acceptors (Lipinski definition) is 12. The number of ether oxygens (including phenoxy) is 5. The number of esters is 2. The highest BCUT2D eigenvalue weighted by Gasteiger charge is 2.61. The molecule has 4 rings (SSSR count). The Kier molecular flexibility index (Phi) is 5.90. The van der Waals surface area contributed by atoms with Crippen LogP contribution in [0.25, 0.3) is 0 Å². The second-order valence-corrected chi connectivity index (χ2v) is 8.47. The van der Waals surface area contributed by atoms with Gasteiger partial charge >= 0.3 is 17.9 Å². The molecule has 0 radical (unpaired) electrons. The normalized spacial score (nSPS) is 46.8. The van der Waals surface area contributed by atoms with Crippen molar-refractivity contribution in [3.63, 3.8) is 0 Å². The first kappa shape index (κ1) is 22.9. The molecule has 32 heavy (non-hydrogen) atoms. The Bertz CT molecular complexity index is 822. The van der Waals surface area contributed by atoms with Crippen LogP contribution >= 0.6 is 0 Å². The van der Waals surface area contributed by atoms with Gasteiger partial charge in [0.1, 0.15) is 49.1 Å². The minimum absolute atomic E-state index is 0.0994. The first-order valence-corrected chi connectivity index (χ1v) is 10.0. The Morgan fingerprint density at radius 1 is 1.06 bits per heavy atom. The summed E-state index contributed by atoms with van der Waals surface area (Å²) in [5.41, 5.74) is -2.04. The number of carboxylic acids is 1. The molecule has 0 aromatic heterocycles. The fourth-order valence-electron chi connectivity index (χ4n) is 4.67. The summed E-state index contributed by atoms with van der Waals surface area (Å²) in [5, 5.41) is 51.4. The average molecular weight is 460 g/mol. The maximum atomic E-state index is 12.2. The third-order valence-corrected chi connectivity index (χ3v) is 6.40. The van der Waals surface area contributed by atoms with Gasteiger partial charge in [-0.15, -0.1) is 0 Å². The van der Waals surface area contributed by atoms with Gasteiger partial charge in [-0.1, -0.05) is 0 Å². The molecule has 0 aromatic carbocycles. The SMILES string of the molecule is C[C@@]1(O)[C@H]2[C@H]3OC=C(C(=O)O)[C@H]2C[C@@H]1OC(=O)CC(=O)OC[C@H]1O[C@@H](O3)[C@H](O)[C@@H](O)[C@@H]1O. The van der Waals surface area contributed by atoms with E-state index in [1.807, 2.05) is 0 Å². The van der Waals surface area contributed by atoms with Crippen molar-refractivity contribution in [2.24, 2.45) is 11.8 Å². The summed E-state index contributed by atoms with van der Waals surface area (Å²) in [4.78, 5) is 35.9. The van der Waals surface area contributed by atoms with Crippen molar-refractivity contribution in [2.45, 2.75) is 68.5 Å². The standard InChI is InChI=1S/C19H24O13/c1-19(27)9-2-6-7(16(25)26)4-29-17(12(6)19)32-18-15(24)14(23)13(22)8(30-18)5-28-10(20)3-11(21)31-9/h4,6,8-9,12-15,17-18,22-24,27H,2-3,5H2,1H3,(H,25,26)/t6-,8-,9+,12-,13-,14+,15-,17+,18+,19+/m1/s1. The van der Waals surface area contributed by atoms with Gasteiger partial charge in [0.2, 0.25) is 6.29 Å². The quantitative estimate of drug-likeness (QED) is 0.201. The molecule has 13 heteroatoms. The van der Waals surface area contributed by atoms with E-state index in [0.717, 1.165) is 6.26 Å². The molecule has 13 nitrogen and oxygen atoms in total. The van der Waals surface area contributed by atoms with Crippen LogP contribution < -0.4 is 0 Å². The van der Waals surface area contributed by atoms with Crippen LogP contribution in [0.2, 0.25) is 0 Å². The van der Waals surface area contributed by atoms with E-state index in [9.17, 15) is 39.9 Å². The van der Waals surface area contributed by atoms with Crippen LogP contribution in [-0.4, -0.2) is 98.7 Å². The van der Waals surface area contributed by atoms with Gasteiger partial charge in [0.05, 0.1) is 17.8 Å². The van der Waals surface area contributed by atoms with E-state index in [1.54, 1.807) is 0 Å². The zero-order valence-electron chi connectivity index (χ0n) is 16.9. The van der Waals surface area contributed by atoms with Gasteiger partial charge in [0.15, 0.2) is 6.29 Å². The van der Waals surface area contributed by atoms with E-state index >= 15 is 0 Å². The molecule has 3 aliphatic heterocycles. The minimum Gasteiger partial charge on any atom is -0.478 e. The molecule has 10 atom stereocenters. The molecule has 2 saturated heterocycles. The van der Waals surface area contributed by atoms with E-state index in [4.69, 9.17) is 23.7 Å². The van der Waals surface area contributed by atoms with Crippen LogP contribution in [0.5, 0.6) is 0 Å². The molecule has 0 aromatic rings. The summed E-state index contributed by atoms with van der Waals surface area (Å²) in [6, 6.07) is 0. The lowest BCUT2D eigenvalue weighted by molar-refractivity contribution is -0.347. The fraction of sp³-hybridized carbons (Fsp3) is 0.737. The van der Waals surface area contributed by atoms with Crippen molar-refractivity contribution < 1.29 is 63.6 Å². The van der Waals surface area contributed by atoms with Crippen LogP contribution in [0.1, 0.15) is 19.8 Å². The molecule has 4 aliphatic rings. The van der Waals surface area contributed by atoms with Crippen LogP contribution in [0.15, 0.2) is 11.8 Å². The topological polar surface area (TPSA) is 199 Å². The summed E-state index contributed by atoms with van der Waals surface area (Å²) in [5.74, 6) is -5.28. The number of aliphatic hydroxyl groups excluding tert-OH is 3. The molecular weight excluding hydrogens is 436 g/mol. The summed E-state index contributed by atoms with van der Waals surface area (Å²) in [6.45, 7) is 0.753. The maximum Gasteiger partial charge on any atom is 0.334 e. The predicted molar refractivity (Wildman–Crippen MR) is 96.0 cm³/mol. The van der Waals surface area contributed by atoms with Crippen LogP contribution in [0, 0.1) is 11.8 Å². The maximum absolute atomic E-state index is 12.2. The molecular formula is C19H24O13. The van der Waals surface area contributed by atoms with Gasteiger partial charge in [-0.2, -0.15) is 0 Å². The van der Waals surface area contributed by atoms with Gasteiger partial charge in [0, 0.05) is 5.92 Å². The number of rotatable bonds is 1. The average Bonchev–Trinajstić information content (AvgIpc) is 2.97. The summed E-state index contributed by atoms with van der Waals surface area (Å²) >= 11 is 0. The van der Waals surface area contributed by atoms with E-state index in [0.29, 0.717) is 0 Å². The predicted octanol–water partition coefficient (Wildman–Crippen LogP) is -2.62. The lowest BCUT2D eigenvalue weighted by Crippen LogP contribution is -2.61. The second-order valence-electron chi connectivity index (χ2n) is 8.47. The minimum atomic E-state index is -1.86. The lowest BCUT2D eigenvalue weighted by Gasteiger charge is -2.44. The largest absolute Gasteiger partial charge is 0.478 e. The summed E-state index contributed by atoms with van der Waals surface area (Å²) in [7, 11) is 0. The summed E-state index contributed by atoms with van der Waals surface area (Å²) < 4.78 is 26.7. The Labute approximate surface area is 181 Å². The molecule has 0 unspecified atom stereocenters. The third kappa shape index (κ3) is 3.84. The van der Waals surface area contributed by atoms with Crippen LogP contribution in [-0.2, 0) is 38.1 Å². The monoisotopic (exact) mass is 460 g/mol. The lowest BCUT2D eigenvalue weighted by atomic mass is 9.81. The number of aliphatic carboxylic acids is 1. The zero-order valence-corrected chi connectivity index (χ0v) is 16.9. The van der Waals surface area contributed by atoms with Crippen molar-refractivity contribution >= 4 is 17.9 Å². The number of cyclic esters (lactones) is 1. The fourth-order valence-corrected chi connectivity index (χ4v) is 4.67. The molecule has 1 saturated carbocycles. The Morgan fingerprint density at radius 3 is 2.47 bits per heavy atom. The zero-order chi connectivity index (χ0) is 23.4. The van der Waals surface area contributed by atoms with Gasteiger partial charge < -0.3 is 49.2 Å². The Hall–Kier alpha value is -2.29. The van der Waals surface area contributed by atoms with E-state index in [2.05, 4.69) is 0 Å². The number of hydrogen-bond donors (Lipinski definition) is 5. The first-order chi connectivity index (χ1) is 15.0. The van der Waals surface area contributed by atoms with E-state index in [-0.39, 0.29) is 12.0 Å². The van der Waals surface area contributed by atoms with Crippen molar-refractivity contribution in [3.05, 3.63) is 11.8 Å². The molecule has 5 N–H and O–H groups in total. The highest BCUT2D eigenvalue weighted by Crippen LogP contribution is 2.50. The molecule has 1 aliphatic carbocycles. The molecule has 3 fully saturated rings. The van der Waals surface area contributed by atoms with Crippen LogP contribution in [0.3, 0.4) is 0 Å². The third-order valence-electron chi connectivity index (χ3n) is 6.40.